The van der Waals surface area contributed by atoms with E-state index in [0.717, 1.165) is 12.1 Å². The minimum absolute atomic E-state index is 0.301. The summed E-state index contributed by atoms with van der Waals surface area (Å²) in [5, 5.41) is 4.92. The van der Waals surface area contributed by atoms with E-state index in [4.69, 9.17) is 0 Å². The second-order valence-corrected chi connectivity index (χ2v) is 5.51. The number of rotatable bonds is 3. The average Bonchev–Trinajstić information content (AvgIpc) is 2.33. The fraction of sp³-hybridized carbons (Fsp3) is 0.429. The first-order chi connectivity index (χ1) is 9.16. The van der Waals surface area contributed by atoms with Crippen LogP contribution >= 0.6 is 0 Å². The van der Waals surface area contributed by atoms with Crippen LogP contribution in [0.25, 0.3) is 0 Å². The molecule has 0 aliphatic carbocycles. The molecule has 110 valence electrons. The van der Waals surface area contributed by atoms with Crippen molar-refractivity contribution in [2.24, 2.45) is 5.41 Å². The van der Waals surface area contributed by atoms with Crippen LogP contribution in [0.15, 0.2) is 18.2 Å². The fourth-order valence-corrected chi connectivity index (χ4v) is 1.70. The standard InChI is InChI=1S/C14H18F2N2O2/c1-14(2,3)11(13(20)17-4)18-12(19)9-6-5-8(15)7-10(9)16/h5-7,11H,1-4H3,(H,17,20)(H,18,19)/t11-/m0/s1. The Bertz CT molecular complexity index is 524. The smallest absolute Gasteiger partial charge is 0.254 e. The van der Waals surface area contributed by atoms with Gasteiger partial charge in [-0.1, -0.05) is 20.8 Å². The molecule has 0 saturated heterocycles. The Balaban J connectivity index is 3.00. The number of amides is 2. The Morgan fingerprint density at radius 2 is 1.80 bits per heavy atom. The molecule has 0 aliphatic rings. The van der Waals surface area contributed by atoms with E-state index >= 15 is 0 Å². The highest BCUT2D eigenvalue weighted by Gasteiger charge is 2.32. The Labute approximate surface area is 116 Å². The monoisotopic (exact) mass is 284 g/mol. The van der Waals surface area contributed by atoms with Crippen molar-refractivity contribution >= 4 is 11.8 Å². The molecule has 2 N–H and O–H groups in total. The third-order valence-electron chi connectivity index (χ3n) is 2.83. The summed E-state index contributed by atoms with van der Waals surface area (Å²) < 4.78 is 26.3. The molecule has 1 aromatic carbocycles. The molecule has 0 bridgehead atoms. The lowest BCUT2D eigenvalue weighted by atomic mass is 9.86. The van der Waals surface area contributed by atoms with Crippen molar-refractivity contribution < 1.29 is 18.4 Å². The van der Waals surface area contributed by atoms with Gasteiger partial charge in [0.2, 0.25) is 5.91 Å². The predicted molar refractivity (Wildman–Crippen MR) is 71.1 cm³/mol. The average molecular weight is 284 g/mol. The molecule has 2 amide bonds. The van der Waals surface area contributed by atoms with Crippen LogP contribution in [-0.4, -0.2) is 24.9 Å². The summed E-state index contributed by atoms with van der Waals surface area (Å²) in [5.74, 6) is -2.87. The number of likely N-dealkylation sites (N-methyl/N-ethyl adjacent to an activating group) is 1. The molecule has 4 nitrogen and oxygen atoms in total. The van der Waals surface area contributed by atoms with Crippen LogP contribution in [0.2, 0.25) is 0 Å². The van der Waals surface area contributed by atoms with Crippen LogP contribution in [-0.2, 0) is 4.79 Å². The molecule has 6 heteroatoms. The number of nitrogens with one attached hydrogen (secondary N) is 2. The molecule has 1 rings (SSSR count). The maximum absolute atomic E-state index is 13.5. The predicted octanol–water partition coefficient (Wildman–Crippen LogP) is 1.86. The van der Waals surface area contributed by atoms with Gasteiger partial charge in [-0.05, 0) is 17.5 Å². The van der Waals surface area contributed by atoms with Gasteiger partial charge < -0.3 is 10.6 Å². The van der Waals surface area contributed by atoms with Crippen molar-refractivity contribution in [3.63, 3.8) is 0 Å². The van der Waals surface area contributed by atoms with Gasteiger partial charge in [-0.15, -0.1) is 0 Å². The first-order valence-electron chi connectivity index (χ1n) is 6.14. The van der Waals surface area contributed by atoms with Crippen molar-refractivity contribution in [3.8, 4) is 0 Å². The third-order valence-corrected chi connectivity index (χ3v) is 2.83. The summed E-state index contributed by atoms with van der Waals surface area (Å²) in [5.41, 5.74) is -0.851. The van der Waals surface area contributed by atoms with Crippen LogP contribution in [0.5, 0.6) is 0 Å². The largest absolute Gasteiger partial charge is 0.357 e. The van der Waals surface area contributed by atoms with Gasteiger partial charge in [0.05, 0.1) is 5.56 Å². The minimum atomic E-state index is -0.966. The Morgan fingerprint density at radius 3 is 2.25 bits per heavy atom. The van der Waals surface area contributed by atoms with Crippen molar-refractivity contribution in [1.29, 1.82) is 0 Å². The Kier molecular flexibility index (Phi) is 4.81. The molecule has 0 heterocycles. The normalized spacial score (nSPS) is 12.7. The first-order valence-corrected chi connectivity index (χ1v) is 6.14. The maximum Gasteiger partial charge on any atom is 0.254 e. The highest BCUT2D eigenvalue weighted by Crippen LogP contribution is 2.20. The van der Waals surface area contributed by atoms with Gasteiger partial charge in [0, 0.05) is 13.1 Å². The molecule has 0 radical (unpaired) electrons. The number of carbonyl (C=O) groups is 2. The van der Waals surface area contributed by atoms with Crippen LogP contribution in [0.4, 0.5) is 8.78 Å². The summed E-state index contributed by atoms with van der Waals surface area (Å²) in [4.78, 5) is 23.8. The number of halogens is 2. The van der Waals surface area contributed by atoms with Gasteiger partial charge in [-0.3, -0.25) is 9.59 Å². The summed E-state index contributed by atoms with van der Waals surface area (Å²) in [7, 11) is 1.45. The second kappa shape index (κ2) is 5.98. The zero-order valence-electron chi connectivity index (χ0n) is 11.9. The summed E-state index contributed by atoms with van der Waals surface area (Å²) >= 11 is 0. The Morgan fingerprint density at radius 1 is 1.20 bits per heavy atom. The van der Waals surface area contributed by atoms with Crippen LogP contribution < -0.4 is 10.6 Å². The highest BCUT2D eigenvalue weighted by molar-refractivity contribution is 5.97. The molecule has 0 unspecified atom stereocenters. The number of hydrogen-bond donors (Lipinski definition) is 2. The van der Waals surface area contributed by atoms with Crippen LogP contribution in [0.3, 0.4) is 0 Å². The summed E-state index contributed by atoms with van der Waals surface area (Å²) in [6.45, 7) is 5.32. The van der Waals surface area contributed by atoms with E-state index in [1.165, 1.54) is 7.05 Å². The Hall–Kier alpha value is -1.98. The van der Waals surface area contributed by atoms with Crippen molar-refractivity contribution in [2.45, 2.75) is 26.8 Å². The molecular formula is C14H18F2N2O2. The SMILES string of the molecule is CNC(=O)[C@H](NC(=O)c1ccc(F)cc1F)C(C)(C)C. The first kappa shape index (κ1) is 16.1. The lowest BCUT2D eigenvalue weighted by molar-refractivity contribution is -0.124. The van der Waals surface area contributed by atoms with Crippen molar-refractivity contribution in [3.05, 3.63) is 35.4 Å². The zero-order chi connectivity index (χ0) is 15.5. The molecule has 0 aromatic heterocycles. The van der Waals surface area contributed by atoms with Crippen molar-refractivity contribution in [2.75, 3.05) is 7.05 Å². The number of hydrogen-bond acceptors (Lipinski definition) is 2. The summed E-state index contributed by atoms with van der Waals surface area (Å²) in [6, 6.07) is 1.83. The van der Waals surface area contributed by atoms with Gasteiger partial charge in [0.1, 0.15) is 17.7 Å². The van der Waals surface area contributed by atoms with E-state index in [0.29, 0.717) is 6.07 Å². The van der Waals surface area contributed by atoms with E-state index in [1.54, 1.807) is 20.8 Å². The molecule has 20 heavy (non-hydrogen) atoms. The lowest BCUT2D eigenvalue weighted by Gasteiger charge is -2.29. The highest BCUT2D eigenvalue weighted by atomic mass is 19.1. The molecular weight excluding hydrogens is 266 g/mol. The summed E-state index contributed by atoms with van der Waals surface area (Å²) in [6.07, 6.45) is 0. The topological polar surface area (TPSA) is 58.2 Å². The lowest BCUT2D eigenvalue weighted by Crippen LogP contribution is -2.53. The van der Waals surface area contributed by atoms with Crippen LogP contribution in [0.1, 0.15) is 31.1 Å². The molecule has 0 aliphatic heterocycles. The fourth-order valence-electron chi connectivity index (χ4n) is 1.70. The van der Waals surface area contributed by atoms with E-state index in [-0.39, 0.29) is 11.5 Å². The zero-order valence-corrected chi connectivity index (χ0v) is 11.9. The molecule has 0 spiro atoms. The van der Waals surface area contributed by atoms with E-state index in [2.05, 4.69) is 10.6 Å². The molecule has 1 aromatic rings. The van der Waals surface area contributed by atoms with Gasteiger partial charge in [0.25, 0.3) is 5.91 Å². The quantitative estimate of drug-likeness (QED) is 0.890. The molecule has 1 atom stereocenters. The minimum Gasteiger partial charge on any atom is -0.357 e. The van der Waals surface area contributed by atoms with Gasteiger partial charge in [-0.25, -0.2) is 8.78 Å². The van der Waals surface area contributed by atoms with E-state index in [1.807, 2.05) is 0 Å². The number of benzene rings is 1. The van der Waals surface area contributed by atoms with E-state index < -0.39 is 29.0 Å². The third kappa shape index (κ3) is 3.76. The van der Waals surface area contributed by atoms with Gasteiger partial charge in [0.15, 0.2) is 0 Å². The number of carbonyl (C=O) groups excluding carboxylic acids is 2. The van der Waals surface area contributed by atoms with E-state index in [9.17, 15) is 18.4 Å². The maximum atomic E-state index is 13.5. The van der Waals surface area contributed by atoms with Gasteiger partial charge in [-0.2, -0.15) is 0 Å². The second-order valence-electron chi connectivity index (χ2n) is 5.51. The molecule has 0 fully saturated rings. The van der Waals surface area contributed by atoms with Gasteiger partial charge >= 0.3 is 0 Å². The van der Waals surface area contributed by atoms with Crippen molar-refractivity contribution in [1.82, 2.24) is 10.6 Å². The van der Waals surface area contributed by atoms with Crippen LogP contribution in [0, 0.1) is 17.0 Å². The molecule has 0 saturated carbocycles.